The molecule has 0 aliphatic rings. The smallest absolute Gasteiger partial charge is 0.118 e. The molecule has 0 aliphatic heterocycles. The molecule has 2 rings (SSSR count). The van der Waals surface area contributed by atoms with Crippen LogP contribution in [0.15, 0.2) is 48.5 Å². The van der Waals surface area contributed by atoms with Crippen molar-refractivity contribution in [3.63, 3.8) is 0 Å². The second-order valence-electron chi connectivity index (χ2n) is 6.32. The molecule has 0 N–H and O–H groups in total. The fraction of sp³-hybridized carbons (Fsp3) is 0.455. The van der Waals surface area contributed by atoms with Crippen molar-refractivity contribution in [2.45, 2.75) is 51.4 Å². The van der Waals surface area contributed by atoms with Crippen LogP contribution in [-0.2, 0) is 12.8 Å². The number of hydrogen-bond acceptors (Lipinski definition) is 2. The number of benzene rings is 2. The average Bonchev–Trinajstić information content (AvgIpc) is 2.65. The summed E-state index contributed by atoms with van der Waals surface area (Å²) in [7, 11) is 3.42. The molecule has 0 fully saturated rings. The summed E-state index contributed by atoms with van der Waals surface area (Å²) in [6.45, 7) is 0. The van der Waals surface area contributed by atoms with Crippen LogP contribution in [-0.4, -0.2) is 14.2 Å². The maximum absolute atomic E-state index is 5.19. The van der Waals surface area contributed by atoms with Crippen molar-refractivity contribution in [1.29, 1.82) is 0 Å². The van der Waals surface area contributed by atoms with Crippen LogP contribution in [0.1, 0.15) is 49.7 Å². The van der Waals surface area contributed by atoms with E-state index in [2.05, 4.69) is 48.5 Å². The van der Waals surface area contributed by atoms with Crippen molar-refractivity contribution in [3.8, 4) is 11.5 Å². The Morgan fingerprint density at radius 1 is 0.500 bits per heavy atom. The van der Waals surface area contributed by atoms with Crippen molar-refractivity contribution >= 4 is 0 Å². The highest BCUT2D eigenvalue weighted by Gasteiger charge is 1.97. The van der Waals surface area contributed by atoms with E-state index in [0.29, 0.717) is 0 Å². The zero-order valence-corrected chi connectivity index (χ0v) is 15.1. The maximum atomic E-state index is 5.19. The lowest BCUT2D eigenvalue weighted by Gasteiger charge is -2.05. The minimum absolute atomic E-state index is 0.940. The van der Waals surface area contributed by atoms with Crippen molar-refractivity contribution in [1.82, 2.24) is 0 Å². The summed E-state index contributed by atoms with van der Waals surface area (Å²) >= 11 is 0. The molecule has 0 aliphatic carbocycles. The minimum Gasteiger partial charge on any atom is -0.497 e. The van der Waals surface area contributed by atoms with Crippen LogP contribution in [0.4, 0.5) is 0 Å². The summed E-state index contributed by atoms with van der Waals surface area (Å²) in [5.41, 5.74) is 2.82. The van der Waals surface area contributed by atoms with Crippen molar-refractivity contribution in [2.75, 3.05) is 14.2 Å². The van der Waals surface area contributed by atoms with Gasteiger partial charge in [0.15, 0.2) is 0 Å². The van der Waals surface area contributed by atoms with Gasteiger partial charge >= 0.3 is 0 Å². The number of aryl methyl sites for hydroxylation is 2. The highest BCUT2D eigenvalue weighted by atomic mass is 16.5. The van der Waals surface area contributed by atoms with Crippen molar-refractivity contribution < 1.29 is 9.47 Å². The Labute approximate surface area is 146 Å². The first-order valence-electron chi connectivity index (χ1n) is 9.07. The number of ether oxygens (including phenoxy) is 2. The SMILES string of the molecule is COc1ccc(CCCCCCCCc2ccc(OC)cc2)cc1. The molecular weight excluding hydrogens is 296 g/mol. The lowest BCUT2D eigenvalue weighted by Crippen LogP contribution is -1.89. The summed E-state index contributed by atoms with van der Waals surface area (Å²) in [6, 6.07) is 16.9. The molecule has 2 aromatic carbocycles. The molecule has 0 saturated carbocycles. The molecule has 0 amide bonds. The summed E-state index contributed by atoms with van der Waals surface area (Å²) in [5, 5.41) is 0. The van der Waals surface area contributed by atoms with Crippen LogP contribution in [0.25, 0.3) is 0 Å². The van der Waals surface area contributed by atoms with E-state index in [9.17, 15) is 0 Å². The summed E-state index contributed by atoms with van der Waals surface area (Å²) < 4.78 is 10.4. The average molecular weight is 326 g/mol. The highest BCUT2D eigenvalue weighted by molar-refractivity contribution is 5.27. The molecule has 0 aromatic heterocycles. The third-order valence-corrected chi connectivity index (χ3v) is 4.50. The van der Waals surface area contributed by atoms with E-state index in [1.54, 1.807) is 14.2 Å². The molecule has 0 heterocycles. The normalized spacial score (nSPS) is 10.6. The maximum Gasteiger partial charge on any atom is 0.118 e. The lowest BCUT2D eigenvalue weighted by atomic mass is 10.0. The molecule has 24 heavy (non-hydrogen) atoms. The predicted octanol–water partition coefficient (Wildman–Crippen LogP) is 5.83. The van der Waals surface area contributed by atoms with E-state index in [1.807, 2.05) is 0 Å². The van der Waals surface area contributed by atoms with Crippen LogP contribution in [0.5, 0.6) is 11.5 Å². The van der Waals surface area contributed by atoms with Gasteiger partial charge in [-0.1, -0.05) is 49.9 Å². The molecule has 2 nitrogen and oxygen atoms in total. The number of hydrogen-bond donors (Lipinski definition) is 0. The van der Waals surface area contributed by atoms with E-state index >= 15 is 0 Å². The Bertz CT molecular complexity index is 504. The van der Waals surface area contributed by atoms with Crippen LogP contribution in [0.2, 0.25) is 0 Å². The molecular formula is C22H30O2. The van der Waals surface area contributed by atoms with E-state index in [0.717, 1.165) is 11.5 Å². The Hall–Kier alpha value is -1.96. The third-order valence-electron chi connectivity index (χ3n) is 4.50. The van der Waals surface area contributed by atoms with Crippen molar-refractivity contribution in [2.24, 2.45) is 0 Å². The van der Waals surface area contributed by atoms with Gasteiger partial charge < -0.3 is 9.47 Å². The first-order valence-corrected chi connectivity index (χ1v) is 9.07. The van der Waals surface area contributed by atoms with Crippen molar-refractivity contribution in [3.05, 3.63) is 59.7 Å². The predicted molar refractivity (Wildman–Crippen MR) is 101 cm³/mol. The van der Waals surface area contributed by atoms with Crippen LogP contribution < -0.4 is 9.47 Å². The number of methoxy groups -OCH3 is 2. The summed E-state index contributed by atoms with van der Waals surface area (Å²) in [6.07, 6.45) is 10.3. The second-order valence-corrected chi connectivity index (χ2v) is 6.32. The van der Waals surface area contributed by atoms with Gasteiger partial charge in [0.05, 0.1) is 14.2 Å². The number of rotatable bonds is 11. The first kappa shape index (κ1) is 18.4. The lowest BCUT2D eigenvalue weighted by molar-refractivity contribution is 0.414. The molecule has 0 unspecified atom stereocenters. The molecule has 0 atom stereocenters. The fourth-order valence-corrected chi connectivity index (χ4v) is 2.95. The van der Waals surface area contributed by atoms with Gasteiger partial charge in [-0.05, 0) is 61.1 Å². The fourth-order valence-electron chi connectivity index (χ4n) is 2.95. The van der Waals surface area contributed by atoms with Crippen LogP contribution >= 0.6 is 0 Å². The van der Waals surface area contributed by atoms with Gasteiger partial charge in [-0.15, -0.1) is 0 Å². The van der Waals surface area contributed by atoms with Crippen LogP contribution in [0, 0.1) is 0 Å². The van der Waals surface area contributed by atoms with Gasteiger partial charge in [-0.2, -0.15) is 0 Å². The highest BCUT2D eigenvalue weighted by Crippen LogP contribution is 2.16. The second kappa shape index (κ2) is 10.7. The molecule has 0 spiro atoms. The third kappa shape index (κ3) is 6.66. The standard InChI is InChI=1S/C22H30O2/c1-23-21-15-11-19(12-16-21)9-7-5-3-4-6-8-10-20-13-17-22(24-2)18-14-20/h11-18H,3-10H2,1-2H3. The van der Waals surface area contributed by atoms with Gasteiger partial charge in [0.1, 0.15) is 11.5 Å². The van der Waals surface area contributed by atoms with E-state index in [-0.39, 0.29) is 0 Å². The van der Waals surface area contributed by atoms with Gasteiger partial charge in [0.25, 0.3) is 0 Å². The van der Waals surface area contributed by atoms with Gasteiger partial charge in [0, 0.05) is 0 Å². The monoisotopic (exact) mass is 326 g/mol. The van der Waals surface area contributed by atoms with E-state index in [1.165, 1.54) is 62.5 Å². The first-order chi connectivity index (χ1) is 11.8. The molecule has 2 aromatic rings. The minimum atomic E-state index is 0.940. The quantitative estimate of drug-likeness (QED) is 0.484. The van der Waals surface area contributed by atoms with Gasteiger partial charge in [-0.25, -0.2) is 0 Å². The molecule has 2 heteroatoms. The van der Waals surface area contributed by atoms with E-state index < -0.39 is 0 Å². The topological polar surface area (TPSA) is 18.5 Å². The Balaban J connectivity index is 1.48. The van der Waals surface area contributed by atoms with Gasteiger partial charge in [0.2, 0.25) is 0 Å². The molecule has 0 bridgehead atoms. The Kier molecular flexibility index (Phi) is 8.23. The largest absolute Gasteiger partial charge is 0.497 e. The number of unbranched alkanes of at least 4 members (excludes halogenated alkanes) is 5. The van der Waals surface area contributed by atoms with Crippen LogP contribution in [0.3, 0.4) is 0 Å². The molecule has 130 valence electrons. The van der Waals surface area contributed by atoms with E-state index in [4.69, 9.17) is 9.47 Å². The zero-order chi connectivity index (χ0) is 17.0. The van der Waals surface area contributed by atoms with Gasteiger partial charge in [-0.3, -0.25) is 0 Å². The Morgan fingerprint density at radius 3 is 1.17 bits per heavy atom. The molecule has 0 radical (unpaired) electrons. The Morgan fingerprint density at radius 2 is 0.833 bits per heavy atom. The summed E-state index contributed by atoms with van der Waals surface area (Å²) in [5.74, 6) is 1.88. The summed E-state index contributed by atoms with van der Waals surface area (Å²) in [4.78, 5) is 0. The zero-order valence-electron chi connectivity index (χ0n) is 15.1. The molecule has 0 saturated heterocycles.